The van der Waals surface area contributed by atoms with Gasteiger partial charge >= 0.3 is 0 Å². The van der Waals surface area contributed by atoms with Crippen molar-refractivity contribution in [2.45, 2.75) is 31.3 Å². The molecule has 0 radical (unpaired) electrons. The van der Waals surface area contributed by atoms with Crippen LogP contribution in [0.5, 0.6) is 0 Å². The molecule has 5 nitrogen and oxygen atoms in total. The van der Waals surface area contributed by atoms with E-state index in [0.717, 1.165) is 37.1 Å². The van der Waals surface area contributed by atoms with E-state index in [-0.39, 0.29) is 5.91 Å². The van der Waals surface area contributed by atoms with Gasteiger partial charge in [-0.25, -0.2) is 4.98 Å². The summed E-state index contributed by atoms with van der Waals surface area (Å²) in [7, 11) is 0. The molecule has 1 amide bonds. The van der Waals surface area contributed by atoms with Crippen LogP contribution in [0.1, 0.15) is 24.8 Å². The van der Waals surface area contributed by atoms with Gasteiger partial charge in [-0.3, -0.25) is 4.79 Å². The first-order chi connectivity index (χ1) is 9.66. The van der Waals surface area contributed by atoms with Crippen molar-refractivity contribution in [2.75, 3.05) is 5.32 Å². The van der Waals surface area contributed by atoms with Gasteiger partial charge in [-0.2, -0.15) is 0 Å². The molecule has 0 saturated heterocycles. The quantitative estimate of drug-likeness (QED) is 0.889. The van der Waals surface area contributed by atoms with Crippen molar-refractivity contribution in [1.29, 1.82) is 0 Å². The third kappa shape index (κ3) is 2.58. The second-order valence-electron chi connectivity index (χ2n) is 5.40. The molecule has 1 aliphatic rings. The van der Waals surface area contributed by atoms with Crippen molar-refractivity contribution in [3.8, 4) is 0 Å². The highest BCUT2D eigenvalue weighted by Gasteiger charge is 2.40. The number of anilines is 1. The lowest BCUT2D eigenvalue weighted by Crippen LogP contribution is -2.56. The lowest BCUT2D eigenvalue weighted by Gasteiger charge is -2.36. The van der Waals surface area contributed by atoms with Gasteiger partial charge in [-0.1, -0.05) is 12.1 Å². The Bertz CT molecular complexity index is 602. The topological polar surface area (TPSA) is 72.9 Å². The number of imidazole rings is 1. The van der Waals surface area contributed by atoms with Crippen LogP contribution in [0.15, 0.2) is 43.0 Å². The fraction of sp³-hybridized carbons (Fsp3) is 0.333. The first-order valence-corrected chi connectivity index (χ1v) is 6.81. The van der Waals surface area contributed by atoms with Crippen molar-refractivity contribution >= 4 is 11.6 Å². The maximum Gasteiger partial charge on any atom is 0.244 e. The lowest BCUT2D eigenvalue weighted by molar-refractivity contribution is -0.123. The molecule has 0 unspecified atom stereocenters. The van der Waals surface area contributed by atoms with Gasteiger partial charge in [0.1, 0.15) is 0 Å². The summed E-state index contributed by atoms with van der Waals surface area (Å²) in [6.07, 6.45) is 8.01. The van der Waals surface area contributed by atoms with E-state index in [9.17, 15) is 4.79 Å². The Hall–Kier alpha value is -2.14. The van der Waals surface area contributed by atoms with E-state index in [0.29, 0.717) is 0 Å². The monoisotopic (exact) mass is 270 g/mol. The van der Waals surface area contributed by atoms with Gasteiger partial charge in [0.05, 0.1) is 11.9 Å². The molecule has 0 bridgehead atoms. The van der Waals surface area contributed by atoms with E-state index < -0.39 is 5.54 Å². The Morgan fingerprint density at radius 2 is 2.30 bits per heavy atom. The van der Waals surface area contributed by atoms with E-state index in [1.807, 2.05) is 35.0 Å². The molecule has 0 spiro atoms. The standard InChI is InChI=1S/C15H18N4O/c16-15(5-2-6-15)14(20)18-13-4-1-3-12(9-13)10-19-8-7-17-11-19/h1,3-4,7-9,11H,2,5-6,10,16H2,(H,18,20). The second kappa shape index (κ2) is 5.09. The zero-order chi connectivity index (χ0) is 14.0. The van der Waals surface area contributed by atoms with Crippen LogP contribution in [0.25, 0.3) is 0 Å². The molecule has 1 saturated carbocycles. The van der Waals surface area contributed by atoms with Crippen LogP contribution in [-0.4, -0.2) is 21.0 Å². The summed E-state index contributed by atoms with van der Waals surface area (Å²) in [6, 6.07) is 7.82. The van der Waals surface area contributed by atoms with Crippen LogP contribution in [-0.2, 0) is 11.3 Å². The molecule has 2 aromatic rings. The lowest BCUT2D eigenvalue weighted by atomic mass is 9.77. The normalized spacial score (nSPS) is 16.4. The van der Waals surface area contributed by atoms with Crippen LogP contribution < -0.4 is 11.1 Å². The van der Waals surface area contributed by atoms with Gasteiger partial charge in [0.2, 0.25) is 5.91 Å². The van der Waals surface area contributed by atoms with Gasteiger partial charge in [0, 0.05) is 24.6 Å². The largest absolute Gasteiger partial charge is 0.333 e. The summed E-state index contributed by atoms with van der Waals surface area (Å²) in [6.45, 7) is 0.734. The Balaban J connectivity index is 1.69. The van der Waals surface area contributed by atoms with Crippen LogP contribution >= 0.6 is 0 Å². The van der Waals surface area contributed by atoms with Gasteiger partial charge in [-0.05, 0) is 37.0 Å². The van der Waals surface area contributed by atoms with Crippen molar-refractivity contribution in [1.82, 2.24) is 9.55 Å². The minimum absolute atomic E-state index is 0.0801. The summed E-state index contributed by atoms with van der Waals surface area (Å²) in [5.41, 5.74) is 7.26. The van der Waals surface area contributed by atoms with E-state index in [4.69, 9.17) is 5.73 Å². The number of aromatic nitrogens is 2. The van der Waals surface area contributed by atoms with Crippen LogP contribution in [0, 0.1) is 0 Å². The number of amides is 1. The first-order valence-electron chi connectivity index (χ1n) is 6.81. The minimum Gasteiger partial charge on any atom is -0.333 e. The van der Waals surface area contributed by atoms with Crippen LogP contribution in [0.2, 0.25) is 0 Å². The van der Waals surface area contributed by atoms with Crippen LogP contribution in [0.3, 0.4) is 0 Å². The molecule has 1 heterocycles. The predicted octanol–water partition coefficient (Wildman–Crippen LogP) is 1.75. The number of nitrogens with two attached hydrogens (primary N) is 1. The molecule has 104 valence electrons. The summed E-state index contributed by atoms with van der Waals surface area (Å²) < 4.78 is 1.98. The van der Waals surface area contributed by atoms with Gasteiger partial charge < -0.3 is 15.6 Å². The fourth-order valence-corrected chi connectivity index (χ4v) is 2.38. The highest BCUT2D eigenvalue weighted by Crippen LogP contribution is 2.30. The number of rotatable bonds is 4. The van der Waals surface area contributed by atoms with Crippen molar-refractivity contribution in [3.63, 3.8) is 0 Å². The third-order valence-electron chi connectivity index (χ3n) is 3.81. The van der Waals surface area contributed by atoms with Gasteiger partial charge in [-0.15, -0.1) is 0 Å². The van der Waals surface area contributed by atoms with E-state index in [2.05, 4.69) is 10.3 Å². The number of hydrogen-bond acceptors (Lipinski definition) is 3. The number of benzene rings is 1. The average molecular weight is 270 g/mol. The Kier molecular flexibility index (Phi) is 3.28. The summed E-state index contributed by atoms with van der Waals surface area (Å²) in [5.74, 6) is -0.0801. The zero-order valence-electron chi connectivity index (χ0n) is 11.2. The number of hydrogen-bond donors (Lipinski definition) is 2. The maximum absolute atomic E-state index is 12.1. The van der Waals surface area contributed by atoms with Crippen LogP contribution in [0.4, 0.5) is 5.69 Å². The van der Waals surface area contributed by atoms with E-state index in [1.54, 1.807) is 12.5 Å². The Labute approximate surface area is 117 Å². The highest BCUT2D eigenvalue weighted by atomic mass is 16.2. The zero-order valence-corrected chi connectivity index (χ0v) is 11.2. The number of carbonyl (C=O) groups excluding carboxylic acids is 1. The molecule has 1 aliphatic carbocycles. The first kappa shape index (κ1) is 12.9. The molecule has 0 atom stereocenters. The summed E-state index contributed by atoms with van der Waals surface area (Å²) in [4.78, 5) is 16.1. The SMILES string of the molecule is NC1(C(=O)Nc2cccc(Cn3ccnc3)c2)CCC1. The minimum atomic E-state index is -0.666. The molecule has 5 heteroatoms. The predicted molar refractivity (Wildman–Crippen MR) is 77.2 cm³/mol. The Morgan fingerprint density at radius 3 is 2.95 bits per heavy atom. The Morgan fingerprint density at radius 1 is 1.45 bits per heavy atom. The molecule has 3 rings (SSSR count). The number of carbonyl (C=O) groups is 1. The van der Waals surface area contributed by atoms with Crippen molar-refractivity contribution in [2.24, 2.45) is 5.73 Å². The molecule has 1 aromatic heterocycles. The fourth-order valence-electron chi connectivity index (χ4n) is 2.38. The summed E-state index contributed by atoms with van der Waals surface area (Å²) in [5, 5.41) is 2.92. The molecule has 3 N–H and O–H groups in total. The highest BCUT2D eigenvalue weighted by molar-refractivity contribution is 5.98. The molecule has 1 fully saturated rings. The summed E-state index contributed by atoms with van der Waals surface area (Å²) >= 11 is 0. The third-order valence-corrected chi connectivity index (χ3v) is 3.81. The van der Waals surface area contributed by atoms with E-state index in [1.165, 1.54) is 0 Å². The number of nitrogens with zero attached hydrogens (tertiary/aromatic N) is 2. The maximum atomic E-state index is 12.1. The van der Waals surface area contributed by atoms with Crippen molar-refractivity contribution < 1.29 is 4.79 Å². The molecular formula is C15H18N4O. The molecule has 20 heavy (non-hydrogen) atoms. The van der Waals surface area contributed by atoms with Gasteiger partial charge in [0.15, 0.2) is 0 Å². The molecule has 0 aliphatic heterocycles. The molecular weight excluding hydrogens is 252 g/mol. The number of nitrogens with one attached hydrogen (secondary N) is 1. The van der Waals surface area contributed by atoms with E-state index >= 15 is 0 Å². The second-order valence-corrected chi connectivity index (χ2v) is 5.40. The van der Waals surface area contributed by atoms with Gasteiger partial charge in [0.25, 0.3) is 0 Å². The average Bonchev–Trinajstić information content (AvgIpc) is 2.89. The smallest absolute Gasteiger partial charge is 0.244 e. The van der Waals surface area contributed by atoms with Crippen molar-refractivity contribution in [3.05, 3.63) is 48.5 Å². The molecule has 1 aromatic carbocycles.